The Labute approximate surface area is 176 Å². The molecule has 1 aliphatic carbocycles. The van der Waals surface area contributed by atoms with Crippen molar-refractivity contribution in [1.82, 2.24) is 4.98 Å². The molecule has 1 fully saturated rings. The third-order valence-corrected chi connectivity index (χ3v) is 5.86. The van der Waals surface area contributed by atoms with Crippen LogP contribution < -0.4 is 19.5 Å². The summed E-state index contributed by atoms with van der Waals surface area (Å²) >= 11 is 0. The van der Waals surface area contributed by atoms with E-state index in [-0.39, 0.29) is 14.1 Å². The number of carbonyl (C=O) groups is 1. The summed E-state index contributed by atoms with van der Waals surface area (Å²) in [6.45, 7) is 2.24. The van der Waals surface area contributed by atoms with Crippen molar-refractivity contribution in [3.63, 3.8) is 0 Å². The van der Waals surface area contributed by atoms with Crippen molar-refractivity contribution < 1.29 is 20.4 Å². The topological polar surface area (TPSA) is 69.7 Å². The third-order valence-electron chi connectivity index (χ3n) is 5.86. The summed E-state index contributed by atoms with van der Waals surface area (Å²) in [7, 11) is 1.65. The van der Waals surface area contributed by atoms with Gasteiger partial charge in [-0.2, -0.15) is 0 Å². The van der Waals surface area contributed by atoms with Crippen molar-refractivity contribution in [2.45, 2.75) is 25.2 Å². The molecule has 0 bridgehead atoms. The van der Waals surface area contributed by atoms with Gasteiger partial charge in [0.05, 0.1) is 12.5 Å². The highest BCUT2D eigenvalue weighted by molar-refractivity contribution is 6.01. The zero-order valence-corrected chi connectivity index (χ0v) is 16.9. The SMILES string of the molecule is COc1ccc(-c2cnc(NC(=O)C3(c4ccc5c(c4)OCO5)CC3)cc2C)cc1.[HH]. The lowest BCUT2D eigenvalue weighted by atomic mass is 9.94. The fraction of sp³-hybridized carbons (Fsp3) is 0.250. The van der Waals surface area contributed by atoms with Gasteiger partial charge >= 0.3 is 0 Å². The van der Waals surface area contributed by atoms with Crippen LogP contribution in [-0.4, -0.2) is 24.8 Å². The fourth-order valence-electron chi connectivity index (χ4n) is 3.90. The molecule has 6 heteroatoms. The zero-order chi connectivity index (χ0) is 20.7. The number of rotatable bonds is 5. The number of aryl methyl sites for hydroxylation is 1. The van der Waals surface area contributed by atoms with Gasteiger partial charge in [0.25, 0.3) is 0 Å². The van der Waals surface area contributed by atoms with Gasteiger partial charge in [0, 0.05) is 13.2 Å². The molecule has 3 aromatic rings. The Kier molecular flexibility index (Phi) is 4.35. The number of fused-ring (bicyclic) bond motifs is 1. The van der Waals surface area contributed by atoms with Crippen molar-refractivity contribution in [3.8, 4) is 28.4 Å². The van der Waals surface area contributed by atoms with Crippen molar-refractivity contribution in [3.05, 3.63) is 65.9 Å². The molecule has 0 spiro atoms. The van der Waals surface area contributed by atoms with Gasteiger partial charge in [-0.15, -0.1) is 0 Å². The summed E-state index contributed by atoms with van der Waals surface area (Å²) in [6, 6.07) is 15.5. The van der Waals surface area contributed by atoms with Crippen LogP contribution in [0, 0.1) is 6.92 Å². The number of amides is 1. The van der Waals surface area contributed by atoms with Gasteiger partial charge in [-0.25, -0.2) is 4.98 Å². The molecule has 2 heterocycles. The molecule has 0 unspecified atom stereocenters. The van der Waals surface area contributed by atoms with Gasteiger partial charge < -0.3 is 19.5 Å². The Morgan fingerprint density at radius 1 is 1.10 bits per heavy atom. The lowest BCUT2D eigenvalue weighted by molar-refractivity contribution is -0.118. The molecule has 2 aromatic carbocycles. The molecule has 1 N–H and O–H groups in total. The minimum Gasteiger partial charge on any atom is -0.497 e. The van der Waals surface area contributed by atoms with E-state index in [4.69, 9.17) is 14.2 Å². The Morgan fingerprint density at radius 3 is 2.57 bits per heavy atom. The van der Waals surface area contributed by atoms with E-state index in [0.717, 1.165) is 46.6 Å². The number of carbonyl (C=O) groups excluding carboxylic acids is 1. The number of anilines is 1. The Hall–Kier alpha value is -3.54. The zero-order valence-electron chi connectivity index (χ0n) is 16.9. The van der Waals surface area contributed by atoms with E-state index in [1.165, 1.54) is 0 Å². The van der Waals surface area contributed by atoms with Gasteiger partial charge in [-0.3, -0.25) is 4.79 Å². The maximum absolute atomic E-state index is 13.1. The predicted molar refractivity (Wildman–Crippen MR) is 115 cm³/mol. The first-order valence-electron chi connectivity index (χ1n) is 9.92. The van der Waals surface area contributed by atoms with Crippen molar-refractivity contribution in [2.24, 2.45) is 0 Å². The number of aromatic nitrogens is 1. The maximum Gasteiger partial charge on any atom is 0.236 e. The smallest absolute Gasteiger partial charge is 0.236 e. The fourth-order valence-corrected chi connectivity index (χ4v) is 3.90. The average molecular weight is 404 g/mol. The quantitative estimate of drug-likeness (QED) is 0.667. The van der Waals surface area contributed by atoms with E-state index >= 15 is 0 Å². The second-order valence-corrected chi connectivity index (χ2v) is 7.72. The second-order valence-electron chi connectivity index (χ2n) is 7.72. The molecular weight excluding hydrogens is 380 g/mol. The molecule has 154 valence electrons. The van der Waals surface area contributed by atoms with Crippen molar-refractivity contribution in [2.75, 3.05) is 19.2 Å². The van der Waals surface area contributed by atoms with Crippen LogP contribution >= 0.6 is 0 Å². The van der Waals surface area contributed by atoms with Crippen LogP contribution in [0.2, 0.25) is 0 Å². The number of hydrogen-bond acceptors (Lipinski definition) is 5. The number of benzene rings is 2. The van der Waals surface area contributed by atoms with Crippen molar-refractivity contribution in [1.29, 1.82) is 0 Å². The molecule has 1 amide bonds. The van der Waals surface area contributed by atoms with Gasteiger partial charge in [0.15, 0.2) is 11.5 Å². The summed E-state index contributed by atoms with van der Waals surface area (Å²) in [5.41, 5.74) is 3.55. The van der Waals surface area contributed by atoms with Gasteiger partial charge in [-0.05, 0) is 66.8 Å². The van der Waals surface area contributed by atoms with Crippen LogP contribution in [0.5, 0.6) is 17.2 Å². The van der Waals surface area contributed by atoms with E-state index in [2.05, 4.69) is 10.3 Å². The molecule has 6 nitrogen and oxygen atoms in total. The molecule has 1 aliphatic heterocycles. The third kappa shape index (κ3) is 3.14. The number of ether oxygens (including phenoxy) is 3. The molecule has 30 heavy (non-hydrogen) atoms. The summed E-state index contributed by atoms with van der Waals surface area (Å²) in [6.07, 6.45) is 3.41. The minimum absolute atomic E-state index is 0. The van der Waals surface area contributed by atoms with E-state index < -0.39 is 5.41 Å². The number of hydrogen-bond donors (Lipinski definition) is 1. The van der Waals surface area contributed by atoms with E-state index in [1.54, 1.807) is 13.3 Å². The Bertz CT molecular complexity index is 1130. The number of methoxy groups -OCH3 is 1. The Morgan fingerprint density at radius 2 is 1.87 bits per heavy atom. The first-order chi connectivity index (χ1) is 14.6. The van der Waals surface area contributed by atoms with E-state index in [9.17, 15) is 4.79 Å². The monoisotopic (exact) mass is 404 g/mol. The molecule has 1 aromatic heterocycles. The standard InChI is InChI=1S/C24H22N2O4.H2/c1-15-11-22(25-13-19(15)16-3-6-18(28-2)7-4-16)26-23(27)24(9-10-24)17-5-8-20-21(12-17)30-14-29-20;/h3-8,11-13H,9-10,14H2,1-2H3,(H,25,26,27);1H. The predicted octanol–water partition coefficient (Wildman–Crippen LogP) is 4.71. The summed E-state index contributed by atoms with van der Waals surface area (Å²) in [5, 5.41) is 3.01. The summed E-state index contributed by atoms with van der Waals surface area (Å²) < 4.78 is 16.1. The number of pyridine rings is 1. The van der Waals surface area contributed by atoms with Crippen LogP contribution in [0.4, 0.5) is 5.82 Å². The van der Waals surface area contributed by atoms with E-state index in [1.807, 2.05) is 55.5 Å². The van der Waals surface area contributed by atoms with Crippen molar-refractivity contribution >= 4 is 11.7 Å². The number of nitrogens with zero attached hydrogens (tertiary/aromatic N) is 1. The van der Waals surface area contributed by atoms with Crippen LogP contribution in [0.15, 0.2) is 54.7 Å². The average Bonchev–Trinajstić information content (AvgIpc) is 3.45. The van der Waals surface area contributed by atoms with Gasteiger partial charge in [-0.1, -0.05) is 18.2 Å². The van der Waals surface area contributed by atoms with Crippen LogP contribution in [-0.2, 0) is 10.2 Å². The highest BCUT2D eigenvalue weighted by atomic mass is 16.7. The molecule has 1 saturated carbocycles. The molecular formula is C24H24N2O4. The lowest BCUT2D eigenvalue weighted by Gasteiger charge is -2.16. The Balaban J connectivity index is 0.00000231. The van der Waals surface area contributed by atoms with Gasteiger partial charge in [0.1, 0.15) is 11.6 Å². The molecule has 0 atom stereocenters. The molecule has 5 rings (SSSR count). The number of nitrogens with one attached hydrogen (secondary N) is 1. The highest BCUT2D eigenvalue weighted by Gasteiger charge is 2.51. The first kappa shape index (κ1) is 18.5. The summed E-state index contributed by atoms with van der Waals surface area (Å²) in [5.74, 6) is 2.75. The minimum atomic E-state index is -0.523. The first-order valence-corrected chi connectivity index (χ1v) is 9.92. The molecule has 2 aliphatic rings. The largest absolute Gasteiger partial charge is 0.497 e. The van der Waals surface area contributed by atoms with Crippen LogP contribution in [0.25, 0.3) is 11.1 Å². The van der Waals surface area contributed by atoms with Crippen LogP contribution in [0.1, 0.15) is 25.4 Å². The molecule has 0 saturated heterocycles. The summed E-state index contributed by atoms with van der Waals surface area (Å²) in [4.78, 5) is 17.6. The maximum atomic E-state index is 13.1. The lowest BCUT2D eigenvalue weighted by Crippen LogP contribution is -2.28. The molecule has 0 radical (unpaired) electrons. The van der Waals surface area contributed by atoms with Crippen LogP contribution in [0.3, 0.4) is 0 Å². The van der Waals surface area contributed by atoms with Gasteiger partial charge in [0.2, 0.25) is 12.7 Å². The normalized spacial score (nSPS) is 15.5. The second kappa shape index (κ2) is 7.06. The van der Waals surface area contributed by atoms with E-state index in [0.29, 0.717) is 11.6 Å². The highest BCUT2D eigenvalue weighted by Crippen LogP contribution is 2.51.